The molecule has 1 heterocycles. The molecule has 1 N–H and O–H groups in total. The predicted octanol–water partition coefficient (Wildman–Crippen LogP) is 1.64. The van der Waals surface area contributed by atoms with Crippen LogP contribution in [-0.2, 0) is 11.2 Å². The van der Waals surface area contributed by atoms with Crippen LogP contribution in [0.25, 0.3) is 0 Å². The summed E-state index contributed by atoms with van der Waals surface area (Å²) in [5.74, 6) is -0.807. The minimum atomic E-state index is -0.651. The van der Waals surface area contributed by atoms with Crippen molar-refractivity contribution in [2.45, 2.75) is 12.8 Å². The van der Waals surface area contributed by atoms with Crippen molar-refractivity contribution in [1.82, 2.24) is 4.90 Å². The first-order valence-electron chi connectivity index (χ1n) is 5.75. The summed E-state index contributed by atoms with van der Waals surface area (Å²) in [4.78, 5) is 13.0. The maximum Gasteiger partial charge on any atom is 0.307 e. The highest BCUT2D eigenvalue weighted by molar-refractivity contribution is 5.70. The summed E-state index contributed by atoms with van der Waals surface area (Å²) >= 11 is 0. The molecule has 86 valence electrons. The number of nitrogens with zero attached hydrogens (tertiary/aromatic N) is 1. The van der Waals surface area contributed by atoms with Crippen LogP contribution in [0.2, 0.25) is 0 Å². The molecule has 0 amide bonds. The van der Waals surface area contributed by atoms with E-state index in [-0.39, 0.29) is 5.92 Å². The van der Waals surface area contributed by atoms with Gasteiger partial charge in [-0.2, -0.15) is 0 Å². The lowest BCUT2D eigenvalue weighted by atomic mass is 10.1. The summed E-state index contributed by atoms with van der Waals surface area (Å²) in [5, 5.41) is 8.89. The molecule has 0 bridgehead atoms. The van der Waals surface area contributed by atoms with Gasteiger partial charge >= 0.3 is 5.97 Å². The molecule has 2 rings (SSSR count). The van der Waals surface area contributed by atoms with Crippen LogP contribution in [0, 0.1) is 5.92 Å². The van der Waals surface area contributed by atoms with Crippen LogP contribution in [0.5, 0.6) is 0 Å². The minimum Gasteiger partial charge on any atom is -0.481 e. The Balaban J connectivity index is 1.78. The molecule has 0 saturated carbocycles. The molecule has 0 spiro atoms. The number of aliphatic carboxylic acids is 1. The first kappa shape index (κ1) is 11.1. The molecule has 1 aliphatic rings. The number of hydrogen-bond acceptors (Lipinski definition) is 2. The van der Waals surface area contributed by atoms with Gasteiger partial charge in [0, 0.05) is 13.1 Å². The Morgan fingerprint density at radius 3 is 2.75 bits per heavy atom. The Morgan fingerprint density at radius 1 is 1.38 bits per heavy atom. The lowest BCUT2D eigenvalue weighted by Crippen LogP contribution is -2.25. The fourth-order valence-corrected chi connectivity index (χ4v) is 2.17. The van der Waals surface area contributed by atoms with Gasteiger partial charge in [0.25, 0.3) is 0 Å². The van der Waals surface area contributed by atoms with Crippen LogP contribution < -0.4 is 0 Å². The molecule has 0 aliphatic carbocycles. The molecule has 1 aliphatic heterocycles. The Kier molecular flexibility index (Phi) is 3.57. The molecular formula is C13H17NO2. The molecule has 1 saturated heterocycles. The van der Waals surface area contributed by atoms with E-state index >= 15 is 0 Å². The SMILES string of the molecule is O=C(O)[C@@H]1CCN(CCc2ccccc2)C1. The molecule has 1 aromatic rings. The van der Waals surface area contributed by atoms with Crippen LogP contribution in [0.4, 0.5) is 0 Å². The summed E-state index contributed by atoms with van der Waals surface area (Å²) in [7, 11) is 0. The fraction of sp³-hybridized carbons (Fsp3) is 0.462. The van der Waals surface area contributed by atoms with Crippen molar-refractivity contribution >= 4 is 5.97 Å². The van der Waals surface area contributed by atoms with E-state index in [0.29, 0.717) is 6.54 Å². The average molecular weight is 219 g/mol. The second kappa shape index (κ2) is 5.12. The Bertz CT molecular complexity index is 350. The minimum absolute atomic E-state index is 0.157. The first-order valence-corrected chi connectivity index (χ1v) is 5.75. The third kappa shape index (κ3) is 2.83. The Hall–Kier alpha value is -1.35. The van der Waals surface area contributed by atoms with Gasteiger partial charge < -0.3 is 10.0 Å². The van der Waals surface area contributed by atoms with Crippen LogP contribution >= 0.6 is 0 Å². The number of rotatable bonds is 4. The lowest BCUT2D eigenvalue weighted by Gasteiger charge is -2.14. The van der Waals surface area contributed by atoms with E-state index in [1.165, 1.54) is 5.56 Å². The van der Waals surface area contributed by atoms with Crippen molar-refractivity contribution < 1.29 is 9.90 Å². The predicted molar refractivity (Wildman–Crippen MR) is 62.3 cm³/mol. The molecule has 3 heteroatoms. The van der Waals surface area contributed by atoms with Gasteiger partial charge in [0.1, 0.15) is 0 Å². The maximum atomic E-state index is 10.8. The largest absolute Gasteiger partial charge is 0.481 e. The quantitative estimate of drug-likeness (QED) is 0.836. The third-order valence-corrected chi connectivity index (χ3v) is 3.18. The highest BCUT2D eigenvalue weighted by atomic mass is 16.4. The van der Waals surface area contributed by atoms with Crippen molar-refractivity contribution in [3.8, 4) is 0 Å². The first-order chi connectivity index (χ1) is 7.75. The maximum absolute atomic E-state index is 10.8. The Labute approximate surface area is 95.7 Å². The number of carboxylic acid groups (broad SMARTS) is 1. The Morgan fingerprint density at radius 2 is 2.12 bits per heavy atom. The number of benzene rings is 1. The van der Waals surface area contributed by atoms with Gasteiger partial charge in [-0.05, 0) is 24.9 Å². The molecule has 1 fully saturated rings. The normalized spacial score (nSPS) is 21.1. The van der Waals surface area contributed by atoms with E-state index in [2.05, 4.69) is 17.0 Å². The van der Waals surface area contributed by atoms with Gasteiger partial charge in [0.15, 0.2) is 0 Å². The molecule has 0 radical (unpaired) electrons. The van der Waals surface area contributed by atoms with Crippen molar-refractivity contribution in [2.75, 3.05) is 19.6 Å². The van der Waals surface area contributed by atoms with Gasteiger partial charge in [-0.25, -0.2) is 0 Å². The highest BCUT2D eigenvalue weighted by Crippen LogP contribution is 2.16. The number of carboxylic acids is 1. The zero-order valence-corrected chi connectivity index (χ0v) is 9.30. The van der Waals surface area contributed by atoms with E-state index in [9.17, 15) is 4.79 Å². The molecule has 1 aromatic carbocycles. The van der Waals surface area contributed by atoms with Crippen LogP contribution in [0.1, 0.15) is 12.0 Å². The standard InChI is InChI=1S/C13H17NO2/c15-13(16)12-7-9-14(10-12)8-6-11-4-2-1-3-5-11/h1-5,12H,6-10H2,(H,15,16)/t12-/m1/s1. The third-order valence-electron chi connectivity index (χ3n) is 3.18. The number of hydrogen-bond donors (Lipinski definition) is 1. The lowest BCUT2D eigenvalue weighted by molar-refractivity contribution is -0.141. The van der Waals surface area contributed by atoms with Gasteiger partial charge in [-0.1, -0.05) is 30.3 Å². The average Bonchev–Trinajstić information content (AvgIpc) is 2.76. The summed E-state index contributed by atoms with van der Waals surface area (Å²) in [5.41, 5.74) is 1.32. The second-order valence-corrected chi connectivity index (χ2v) is 4.36. The molecule has 3 nitrogen and oxygen atoms in total. The fourth-order valence-electron chi connectivity index (χ4n) is 2.17. The molecule has 0 unspecified atom stereocenters. The van der Waals surface area contributed by atoms with Crippen molar-refractivity contribution in [3.05, 3.63) is 35.9 Å². The second-order valence-electron chi connectivity index (χ2n) is 4.36. The van der Waals surface area contributed by atoms with E-state index in [1.54, 1.807) is 0 Å². The van der Waals surface area contributed by atoms with Crippen molar-refractivity contribution in [3.63, 3.8) is 0 Å². The van der Waals surface area contributed by atoms with Crippen LogP contribution in [0.15, 0.2) is 30.3 Å². The van der Waals surface area contributed by atoms with Gasteiger partial charge in [-0.3, -0.25) is 4.79 Å². The summed E-state index contributed by atoms with van der Waals surface area (Å²) in [6.07, 6.45) is 1.80. The zero-order valence-electron chi connectivity index (χ0n) is 9.30. The molecular weight excluding hydrogens is 202 g/mol. The van der Waals surface area contributed by atoms with Gasteiger partial charge in [0.2, 0.25) is 0 Å². The summed E-state index contributed by atoms with van der Waals surface area (Å²) < 4.78 is 0. The van der Waals surface area contributed by atoms with Gasteiger partial charge in [0.05, 0.1) is 5.92 Å². The zero-order chi connectivity index (χ0) is 11.4. The van der Waals surface area contributed by atoms with Gasteiger partial charge in [-0.15, -0.1) is 0 Å². The number of likely N-dealkylation sites (tertiary alicyclic amines) is 1. The van der Waals surface area contributed by atoms with E-state index in [1.807, 2.05) is 18.2 Å². The van der Waals surface area contributed by atoms with Crippen LogP contribution in [-0.4, -0.2) is 35.6 Å². The van der Waals surface area contributed by atoms with Crippen molar-refractivity contribution in [1.29, 1.82) is 0 Å². The topological polar surface area (TPSA) is 40.5 Å². The van der Waals surface area contributed by atoms with E-state index < -0.39 is 5.97 Å². The number of carbonyl (C=O) groups is 1. The summed E-state index contributed by atoms with van der Waals surface area (Å²) in [6.45, 7) is 2.60. The molecule has 16 heavy (non-hydrogen) atoms. The van der Waals surface area contributed by atoms with E-state index in [4.69, 9.17) is 5.11 Å². The van der Waals surface area contributed by atoms with Crippen molar-refractivity contribution in [2.24, 2.45) is 5.92 Å². The van der Waals surface area contributed by atoms with E-state index in [0.717, 1.165) is 25.9 Å². The van der Waals surface area contributed by atoms with Crippen LogP contribution in [0.3, 0.4) is 0 Å². The molecule has 1 atom stereocenters. The smallest absolute Gasteiger partial charge is 0.307 e. The molecule has 0 aromatic heterocycles. The highest BCUT2D eigenvalue weighted by Gasteiger charge is 2.27. The summed E-state index contributed by atoms with van der Waals surface area (Å²) in [6, 6.07) is 10.3. The monoisotopic (exact) mass is 219 g/mol.